The Kier molecular flexibility index (Phi) is 10.9. The maximum absolute atomic E-state index is 12.7. The van der Waals surface area contributed by atoms with Gasteiger partial charge >= 0.3 is 23.9 Å². The summed E-state index contributed by atoms with van der Waals surface area (Å²) in [5.74, 6) is -5.36. The number of nitrogens with zero attached hydrogens (tertiary/aromatic N) is 1. The number of amides is 2. The van der Waals surface area contributed by atoms with Crippen LogP contribution in [0.15, 0.2) is 0 Å². The van der Waals surface area contributed by atoms with Crippen LogP contribution in [0.25, 0.3) is 0 Å². The van der Waals surface area contributed by atoms with E-state index >= 15 is 0 Å². The van der Waals surface area contributed by atoms with Gasteiger partial charge in [-0.15, -0.1) is 0 Å². The van der Waals surface area contributed by atoms with Crippen molar-refractivity contribution in [1.82, 2.24) is 10.2 Å². The molecule has 0 aromatic carbocycles. The number of aliphatic carboxylic acids is 1. The molecule has 0 aromatic rings. The first-order valence-corrected chi connectivity index (χ1v) is 10.5. The Bertz CT molecular complexity index is 771. The molecule has 4 atom stereocenters. The molecule has 0 bridgehead atoms. The average Bonchev–Trinajstić information content (AvgIpc) is 3.15. The third-order valence-electron chi connectivity index (χ3n) is 4.97. The van der Waals surface area contributed by atoms with Crippen molar-refractivity contribution in [3.05, 3.63) is 0 Å². The van der Waals surface area contributed by atoms with E-state index in [2.05, 4.69) is 5.32 Å². The van der Waals surface area contributed by atoms with E-state index < -0.39 is 54.0 Å². The summed E-state index contributed by atoms with van der Waals surface area (Å²) in [7, 11) is 1.42. The van der Waals surface area contributed by atoms with Gasteiger partial charge in [-0.1, -0.05) is 13.8 Å². The molecule has 0 spiro atoms. The second kappa shape index (κ2) is 12.8. The summed E-state index contributed by atoms with van der Waals surface area (Å²) in [5.41, 5.74) is 10.6. The molecule has 1 fully saturated rings. The number of hydrogen-bond acceptors (Lipinski definition) is 10. The fourth-order valence-corrected chi connectivity index (χ4v) is 3.13. The topological polar surface area (TPSA) is 208 Å². The Morgan fingerprint density at radius 3 is 2.33 bits per heavy atom. The van der Waals surface area contributed by atoms with Crippen LogP contribution in [0.2, 0.25) is 0 Å². The van der Waals surface area contributed by atoms with Crippen LogP contribution < -0.4 is 16.8 Å². The summed E-state index contributed by atoms with van der Waals surface area (Å²) in [5, 5.41) is 11.9. The fourth-order valence-electron chi connectivity index (χ4n) is 3.13. The molecular formula is C20H32N4O9. The van der Waals surface area contributed by atoms with Crippen LogP contribution in [-0.4, -0.2) is 83.5 Å². The molecule has 1 unspecified atom stereocenters. The van der Waals surface area contributed by atoms with Gasteiger partial charge in [-0.25, -0.2) is 19.2 Å². The average molecular weight is 472 g/mol. The lowest BCUT2D eigenvalue weighted by molar-refractivity contribution is -0.169. The standard InChI is InChI=1S/C20H32N4O9/c1-10(2)8-13(20(31)33-18(29)11(21)4-6-15(22)25)24(3)9-14(17(27)28)32-19(30)12-5-7-16(26)23-12/h10-14H,4-9,21H2,1-3H3,(H2,22,25)(H,23,26)(H,27,28)/t11?,12-,13-,14-/m0/s1. The number of esters is 3. The van der Waals surface area contributed by atoms with Crippen molar-refractivity contribution in [3.8, 4) is 0 Å². The summed E-state index contributed by atoms with van der Waals surface area (Å²) in [6.45, 7) is 3.24. The number of ether oxygens (including phenoxy) is 2. The molecule has 0 radical (unpaired) electrons. The first-order chi connectivity index (χ1) is 15.3. The lowest BCUT2D eigenvalue weighted by Gasteiger charge is -2.29. The summed E-state index contributed by atoms with van der Waals surface area (Å²) >= 11 is 0. The number of likely N-dealkylation sites (N-methyl/N-ethyl adjacent to an activating group) is 1. The fraction of sp³-hybridized carbons (Fsp3) is 0.700. The number of carbonyl (C=O) groups excluding carboxylic acids is 5. The maximum Gasteiger partial charge on any atom is 0.346 e. The van der Waals surface area contributed by atoms with E-state index in [1.165, 1.54) is 11.9 Å². The zero-order valence-electron chi connectivity index (χ0n) is 18.9. The number of carboxylic acid groups (broad SMARTS) is 1. The Balaban J connectivity index is 2.82. The van der Waals surface area contributed by atoms with Gasteiger partial charge in [0.2, 0.25) is 17.9 Å². The Morgan fingerprint density at radius 1 is 1.21 bits per heavy atom. The molecule has 186 valence electrons. The van der Waals surface area contributed by atoms with Crippen LogP contribution in [0.1, 0.15) is 46.0 Å². The van der Waals surface area contributed by atoms with Crippen LogP contribution in [0, 0.1) is 5.92 Å². The predicted octanol–water partition coefficient (Wildman–Crippen LogP) is -1.73. The molecule has 13 heteroatoms. The molecule has 13 nitrogen and oxygen atoms in total. The smallest absolute Gasteiger partial charge is 0.346 e. The summed E-state index contributed by atoms with van der Waals surface area (Å²) in [4.78, 5) is 72.0. The van der Waals surface area contributed by atoms with Crippen LogP contribution >= 0.6 is 0 Å². The van der Waals surface area contributed by atoms with E-state index in [4.69, 9.17) is 20.9 Å². The SMILES string of the molecule is CC(C)C[C@@H](C(=O)OC(=O)C(N)CCC(N)=O)N(C)C[C@H](OC(=O)[C@@H]1CCC(=O)N1)C(=O)O. The highest BCUT2D eigenvalue weighted by Crippen LogP contribution is 2.15. The van der Waals surface area contributed by atoms with Crippen molar-refractivity contribution >= 4 is 35.7 Å². The number of carboxylic acids is 1. The van der Waals surface area contributed by atoms with Gasteiger partial charge in [-0.3, -0.25) is 14.5 Å². The van der Waals surface area contributed by atoms with Crippen molar-refractivity contribution in [3.63, 3.8) is 0 Å². The summed E-state index contributed by atoms with van der Waals surface area (Å²) < 4.78 is 9.89. The summed E-state index contributed by atoms with van der Waals surface area (Å²) in [6.07, 6.45) is -1.35. The molecule has 1 aliphatic heterocycles. The second-order valence-corrected chi connectivity index (χ2v) is 8.36. The van der Waals surface area contributed by atoms with Gasteiger partial charge < -0.3 is 31.4 Å². The first-order valence-electron chi connectivity index (χ1n) is 10.5. The lowest BCUT2D eigenvalue weighted by atomic mass is 10.0. The minimum Gasteiger partial charge on any atom is -0.478 e. The lowest BCUT2D eigenvalue weighted by Crippen LogP contribution is -2.49. The van der Waals surface area contributed by atoms with Crippen LogP contribution in [0.5, 0.6) is 0 Å². The molecule has 1 rings (SSSR count). The van der Waals surface area contributed by atoms with Crippen molar-refractivity contribution in [2.75, 3.05) is 13.6 Å². The maximum atomic E-state index is 12.7. The summed E-state index contributed by atoms with van der Waals surface area (Å²) in [6, 6.07) is -3.20. The predicted molar refractivity (Wildman–Crippen MR) is 112 cm³/mol. The zero-order chi connectivity index (χ0) is 25.3. The van der Waals surface area contributed by atoms with E-state index in [0.717, 1.165) is 0 Å². The zero-order valence-corrected chi connectivity index (χ0v) is 18.9. The molecule has 33 heavy (non-hydrogen) atoms. The van der Waals surface area contributed by atoms with Gasteiger partial charge in [0, 0.05) is 19.4 Å². The monoisotopic (exact) mass is 472 g/mol. The van der Waals surface area contributed by atoms with Crippen LogP contribution in [0.4, 0.5) is 0 Å². The highest BCUT2D eigenvalue weighted by Gasteiger charge is 2.36. The Hall–Kier alpha value is -3.06. The number of hydrogen-bond donors (Lipinski definition) is 4. The van der Waals surface area contributed by atoms with Gasteiger partial charge in [0.05, 0.1) is 0 Å². The van der Waals surface area contributed by atoms with E-state index in [1.54, 1.807) is 0 Å². The third-order valence-corrected chi connectivity index (χ3v) is 4.97. The van der Waals surface area contributed by atoms with Gasteiger partial charge in [-0.2, -0.15) is 0 Å². The van der Waals surface area contributed by atoms with E-state index in [0.29, 0.717) is 0 Å². The molecular weight excluding hydrogens is 440 g/mol. The third kappa shape index (κ3) is 9.53. The van der Waals surface area contributed by atoms with Gasteiger partial charge in [0.1, 0.15) is 18.1 Å². The molecule has 0 saturated carbocycles. The minimum atomic E-state index is -1.63. The van der Waals surface area contributed by atoms with E-state index in [-0.39, 0.29) is 50.5 Å². The molecule has 1 aliphatic rings. The minimum absolute atomic E-state index is 0.0387. The van der Waals surface area contributed by atoms with Gasteiger partial charge in [-0.05, 0) is 32.2 Å². The number of rotatable bonds is 13. The Labute approximate surface area is 191 Å². The van der Waals surface area contributed by atoms with E-state index in [1.807, 2.05) is 13.8 Å². The first kappa shape index (κ1) is 28.0. The van der Waals surface area contributed by atoms with Gasteiger partial charge in [0.25, 0.3) is 0 Å². The molecule has 6 N–H and O–H groups in total. The number of nitrogens with two attached hydrogens (primary N) is 2. The van der Waals surface area contributed by atoms with Crippen LogP contribution in [0.3, 0.4) is 0 Å². The molecule has 0 aromatic heterocycles. The van der Waals surface area contributed by atoms with Crippen molar-refractivity contribution in [2.45, 2.75) is 70.2 Å². The normalized spacial score (nSPS) is 18.4. The highest BCUT2D eigenvalue weighted by molar-refractivity contribution is 5.91. The van der Waals surface area contributed by atoms with Crippen LogP contribution in [-0.2, 0) is 38.2 Å². The van der Waals surface area contributed by atoms with Crippen molar-refractivity contribution < 1.29 is 43.3 Å². The molecule has 2 amide bonds. The van der Waals surface area contributed by atoms with E-state index in [9.17, 15) is 33.9 Å². The molecule has 1 saturated heterocycles. The largest absolute Gasteiger partial charge is 0.478 e. The quantitative estimate of drug-likeness (QED) is 0.175. The van der Waals surface area contributed by atoms with Crippen molar-refractivity contribution in [2.24, 2.45) is 17.4 Å². The number of nitrogens with one attached hydrogen (secondary N) is 1. The van der Waals surface area contributed by atoms with Crippen molar-refractivity contribution in [1.29, 1.82) is 0 Å². The molecule has 1 heterocycles. The number of primary amides is 1. The molecule has 0 aliphatic carbocycles. The van der Waals surface area contributed by atoms with Gasteiger partial charge in [0.15, 0.2) is 0 Å². The second-order valence-electron chi connectivity index (χ2n) is 8.36. The highest BCUT2D eigenvalue weighted by atomic mass is 16.6. The Morgan fingerprint density at radius 2 is 1.85 bits per heavy atom. The number of carbonyl (C=O) groups is 6.